The molecule has 2 atom stereocenters. The van der Waals surface area contributed by atoms with Crippen molar-refractivity contribution in [3.63, 3.8) is 0 Å². The van der Waals surface area contributed by atoms with Crippen molar-refractivity contribution in [2.24, 2.45) is 0 Å². The molecule has 2 heteroatoms. The van der Waals surface area contributed by atoms with E-state index in [1.807, 2.05) is 18.2 Å². The van der Waals surface area contributed by atoms with E-state index < -0.39 is 12.3 Å². The van der Waals surface area contributed by atoms with E-state index in [0.29, 0.717) is 6.42 Å². The Labute approximate surface area is 70.8 Å². The summed E-state index contributed by atoms with van der Waals surface area (Å²) in [6, 6.07) is 7.50. The molecule has 1 aromatic carbocycles. The van der Waals surface area contributed by atoms with Gasteiger partial charge in [-0.05, 0) is 24.0 Å². The van der Waals surface area contributed by atoms with Crippen molar-refractivity contribution in [3.8, 4) is 0 Å². The molecule has 0 heterocycles. The van der Waals surface area contributed by atoms with Crippen molar-refractivity contribution in [1.29, 1.82) is 0 Å². The van der Waals surface area contributed by atoms with E-state index in [4.69, 9.17) is 0 Å². The van der Waals surface area contributed by atoms with Gasteiger partial charge in [-0.25, -0.2) is 4.39 Å². The van der Waals surface area contributed by atoms with Gasteiger partial charge in [0, 0.05) is 0 Å². The third-order valence-electron chi connectivity index (χ3n) is 2.41. The lowest BCUT2D eigenvalue weighted by molar-refractivity contribution is 0.0643. The highest BCUT2D eigenvalue weighted by Crippen LogP contribution is 2.31. The molecule has 1 N–H and O–H groups in total. The Bertz CT molecular complexity index is 285. The summed E-state index contributed by atoms with van der Waals surface area (Å²) in [6.45, 7) is 0. The molecule has 0 aliphatic heterocycles. The second kappa shape index (κ2) is 2.87. The van der Waals surface area contributed by atoms with Crippen LogP contribution < -0.4 is 0 Å². The van der Waals surface area contributed by atoms with Crippen LogP contribution in [0.4, 0.5) is 4.39 Å². The highest BCUT2D eigenvalue weighted by atomic mass is 19.1. The zero-order valence-corrected chi connectivity index (χ0v) is 6.70. The molecule has 1 aliphatic rings. The lowest BCUT2D eigenvalue weighted by Gasteiger charge is -2.24. The fourth-order valence-electron chi connectivity index (χ4n) is 1.70. The largest absolute Gasteiger partial charge is 0.385 e. The minimum absolute atomic E-state index is 0.443. The van der Waals surface area contributed by atoms with E-state index >= 15 is 0 Å². The Kier molecular flexibility index (Phi) is 1.85. The highest BCUT2D eigenvalue weighted by molar-refractivity contribution is 5.32. The minimum Gasteiger partial charge on any atom is -0.385 e. The smallest absolute Gasteiger partial charge is 0.130 e. The fourth-order valence-corrected chi connectivity index (χ4v) is 1.70. The minimum atomic E-state index is -1.08. The SMILES string of the molecule is O[C@H]1c2ccccc2CC[C@H]1F. The van der Waals surface area contributed by atoms with Gasteiger partial charge in [-0.3, -0.25) is 0 Å². The lowest BCUT2D eigenvalue weighted by Crippen LogP contribution is -2.21. The predicted octanol–water partition coefficient (Wildman–Crippen LogP) is 2.00. The summed E-state index contributed by atoms with van der Waals surface area (Å²) in [5, 5.41) is 9.45. The van der Waals surface area contributed by atoms with E-state index in [1.165, 1.54) is 0 Å². The summed E-state index contributed by atoms with van der Waals surface area (Å²) in [5.41, 5.74) is 1.84. The molecule has 0 amide bonds. The molecule has 0 saturated heterocycles. The van der Waals surface area contributed by atoms with E-state index in [0.717, 1.165) is 17.5 Å². The molecule has 0 saturated carbocycles. The third kappa shape index (κ3) is 1.12. The van der Waals surface area contributed by atoms with Gasteiger partial charge in [0.2, 0.25) is 0 Å². The van der Waals surface area contributed by atoms with Gasteiger partial charge in [-0.2, -0.15) is 0 Å². The molecule has 0 spiro atoms. The van der Waals surface area contributed by atoms with Crippen molar-refractivity contribution < 1.29 is 9.50 Å². The molecular formula is C10H11FO. The molecule has 1 aromatic rings. The first-order chi connectivity index (χ1) is 5.79. The number of rotatable bonds is 0. The second-order valence-electron chi connectivity index (χ2n) is 3.20. The first-order valence-electron chi connectivity index (χ1n) is 4.19. The zero-order valence-electron chi connectivity index (χ0n) is 6.70. The van der Waals surface area contributed by atoms with Gasteiger partial charge < -0.3 is 5.11 Å². The van der Waals surface area contributed by atoms with Crippen LogP contribution >= 0.6 is 0 Å². The van der Waals surface area contributed by atoms with Crippen LogP contribution in [0.25, 0.3) is 0 Å². The number of aliphatic hydroxyl groups is 1. The van der Waals surface area contributed by atoms with Crippen molar-refractivity contribution in [3.05, 3.63) is 35.4 Å². The summed E-state index contributed by atoms with van der Waals surface area (Å²) in [6.07, 6.45) is -0.804. The molecule has 0 aromatic heterocycles. The molecule has 1 nitrogen and oxygen atoms in total. The van der Waals surface area contributed by atoms with Gasteiger partial charge in [0.05, 0.1) is 0 Å². The average Bonchev–Trinajstić information content (AvgIpc) is 2.12. The Balaban J connectivity index is 2.42. The molecular weight excluding hydrogens is 155 g/mol. The van der Waals surface area contributed by atoms with E-state index in [1.54, 1.807) is 6.07 Å². The van der Waals surface area contributed by atoms with Crippen LogP contribution in [-0.4, -0.2) is 11.3 Å². The molecule has 2 rings (SSSR count). The number of halogens is 1. The summed E-state index contributed by atoms with van der Waals surface area (Å²) < 4.78 is 13.0. The third-order valence-corrected chi connectivity index (χ3v) is 2.41. The maximum absolute atomic E-state index is 13.0. The maximum atomic E-state index is 13.0. The number of alkyl halides is 1. The Morgan fingerprint density at radius 1 is 1.33 bits per heavy atom. The number of benzene rings is 1. The van der Waals surface area contributed by atoms with Gasteiger partial charge in [0.15, 0.2) is 0 Å². The number of hydrogen-bond acceptors (Lipinski definition) is 1. The number of aryl methyl sites for hydroxylation is 1. The van der Waals surface area contributed by atoms with Gasteiger partial charge in [0.25, 0.3) is 0 Å². The lowest BCUT2D eigenvalue weighted by atomic mass is 9.88. The summed E-state index contributed by atoms with van der Waals surface area (Å²) >= 11 is 0. The molecule has 0 bridgehead atoms. The van der Waals surface area contributed by atoms with Crippen LogP contribution in [0.5, 0.6) is 0 Å². The van der Waals surface area contributed by atoms with Crippen LogP contribution in [0.15, 0.2) is 24.3 Å². The van der Waals surface area contributed by atoms with Gasteiger partial charge in [-0.1, -0.05) is 24.3 Å². The Morgan fingerprint density at radius 3 is 2.92 bits per heavy atom. The normalized spacial score (nSPS) is 28.2. The first-order valence-corrected chi connectivity index (χ1v) is 4.19. The number of aliphatic hydroxyl groups excluding tert-OH is 1. The van der Waals surface area contributed by atoms with Gasteiger partial charge in [-0.15, -0.1) is 0 Å². The summed E-state index contributed by atoms with van der Waals surface area (Å²) in [5.74, 6) is 0. The quantitative estimate of drug-likeness (QED) is 0.625. The Hall–Kier alpha value is -0.890. The molecule has 1 aliphatic carbocycles. The second-order valence-corrected chi connectivity index (χ2v) is 3.20. The standard InChI is InChI=1S/C10H11FO/c11-9-6-5-7-3-1-2-4-8(7)10(9)12/h1-4,9-10,12H,5-6H2/t9-,10+/m1/s1. The van der Waals surface area contributed by atoms with E-state index in [2.05, 4.69) is 0 Å². The van der Waals surface area contributed by atoms with Crippen LogP contribution in [-0.2, 0) is 6.42 Å². The van der Waals surface area contributed by atoms with Crippen molar-refractivity contribution in [2.45, 2.75) is 25.1 Å². The summed E-state index contributed by atoms with van der Waals surface area (Å²) in [4.78, 5) is 0. The zero-order chi connectivity index (χ0) is 8.55. The Morgan fingerprint density at radius 2 is 2.08 bits per heavy atom. The molecule has 64 valence electrons. The van der Waals surface area contributed by atoms with Crippen LogP contribution in [0.1, 0.15) is 23.7 Å². The van der Waals surface area contributed by atoms with Crippen molar-refractivity contribution in [1.82, 2.24) is 0 Å². The fraction of sp³-hybridized carbons (Fsp3) is 0.400. The highest BCUT2D eigenvalue weighted by Gasteiger charge is 2.26. The van der Waals surface area contributed by atoms with Crippen molar-refractivity contribution in [2.75, 3.05) is 0 Å². The number of hydrogen-bond donors (Lipinski definition) is 1. The average molecular weight is 166 g/mol. The van der Waals surface area contributed by atoms with Crippen molar-refractivity contribution >= 4 is 0 Å². The van der Waals surface area contributed by atoms with Crippen LogP contribution in [0.2, 0.25) is 0 Å². The topological polar surface area (TPSA) is 20.2 Å². The van der Waals surface area contributed by atoms with Crippen LogP contribution in [0, 0.1) is 0 Å². The van der Waals surface area contributed by atoms with Gasteiger partial charge in [0.1, 0.15) is 12.3 Å². The molecule has 12 heavy (non-hydrogen) atoms. The van der Waals surface area contributed by atoms with E-state index in [9.17, 15) is 9.50 Å². The molecule has 0 fully saturated rings. The summed E-state index contributed by atoms with van der Waals surface area (Å²) in [7, 11) is 0. The monoisotopic (exact) mass is 166 g/mol. The molecule has 0 unspecified atom stereocenters. The van der Waals surface area contributed by atoms with Crippen LogP contribution in [0.3, 0.4) is 0 Å². The van der Waals surface area contributed by atoms with E-state index in [-0.39, 0.29) is 0 Å². The maximum Gasteiger partial charge on any atom is 0.130 e. The van der Waals surface area contributed by atoms with Gasteiger partial charge >= 0.3 is 0 Å². The predicted molar refractivity (Wildman–Crippen MR) is 44.6 cm³/mol. The molecule has 0 radical (unpaired) electrons. The number of fused-ring (bicyclic) bond motifs is 1. The first kappa shape index (κ1) is 7.74.